The summed E-state index contributed by atoms with van der Waals surface area (Å²) in [5.74, 6) is 0.188. The van der Waals surface area contributed by atoms with Crippen LogP contribution < -0.4 is 20.7 Å². The van der Waals surface area contributed by atoms with Crippen molar-refractivity contribution in [1.29, 1.82) is 0 Å². The molecule has 2 aliphatic rings. The van der Waals surface area contributed by atoms with Crippen molar-refractivity contribution in [3.05, 3.63) is 52.4 Å². The zero-order valence-electron chi connectivity index (χ0n) is 16.4. The molecule has 2 aliphatic heterocycles. The summed E-state index contributed by atoms with van der Waals surface area (Å²) >= 11 is 0. The van der Waals surface area contributed by atoms with Crippen molar-refractivity contribution in [3.8, 4) is 0 Å². The fourth-order valence-corrected chi connectivity index (χ4v) is 4.01. The van der Waals surface area contributed by atoms with E-state index < -0.39 is 0 Å². The number of nitrogens with zero attached hydrogens (tertiary/aromatic N) is 3. The van der Waals surface area contributed by atoms with Crippen molar-refractivity contribution < 1.29 is 9.59 Å². The second-order valence-corrected chi connectivity index (χ2v) is 7.72. The molecule has 152 valence electrons. The molecule has 0 bridgehead atoms. The topological polar surface area (TPSA) is 98.4 Å². The molecular weight excluding hydrogens is 370 g/mol. The molecule has 8 heteroatoms. The molecule has 1 aromatic carbocycles. The monoisotopic (exact) mass is 395 g/mol. The molecule has 0 spiro atoms. The Morgan fingerprint density at radius 1 is 1.17 bits per heavy atom. The Labute approximate surface area is 168 Å². The van der Waals surface area contributed by atoms with Crippen LogP contribution in [-0.4, -0.2) is 47.5 Å². The van der Waals surface area contributed by atoms with Gasteiger partial charge in [-0.1, -0.05) is 18.2 Å². The molecule has 2 fully saturated rings. The maximum atomic E-state index is 12.7. The number of hydrogen-bond acceptors (Lipinski definition) is 5. The van der Waals surface area contributed by atoms with Crippen molar-refractivity contribution in [2.24, 2.45) is 5.92 Å². The number of carbonyl (C=O) groups excluding carboxylic acids is 2. The van der Waals surface area contributed by atoms with Gasteiger partial charge in [0.15, 0.2) is 0 Å². The van der Waals surface area contributed by atoms with Crippen LogP contribution in [0.2, 0.25) is 0 Å². The number of benzene rings is 1. The first kappa shape index (κ1) is 19.2. The van der Waals surface area contributed by atoms with Gasteiger partial charge in [0.2, 0.25) is 17.8 Å². The summed E-state index contributed by atoms with van der Waals surface area (Å²) in [6.45, 7) is 3.63. The van der Waals surface area contributed by atoms with Gasteiger partial charge < -0.3 is 15.1 Å². The number of anilines is 2. The van der Waals surface area contributed by atoms with Crippen LogP contribution in [0.4, 0.5) is 11.6 Å². The van der Waals surface area contributed by atoms with Crippen LogP contribution >= 0.6 is 0 Å². The minimum Gasteiger partial charge on any atom is -0.353 e. The minimum absolute atomic E-state index is 0.0133. The van der Waals surface area contributed by atoms with Gasteiger partial charge in [-0.25, -0.2) is 4.98 Å². The second kappa shape index (κ2) is 8.06. The lowest BCUT2D eigenvalue weighted by Crippen LogP contribution is -2.47. The molecule has 2 N–H and O–H groups in total. The lowest BCUT2D eigenvalue weighted by atomic mass is 10.0. The van der Waals surface area contributed by atoms with E-state index in [1.165, 1.54) is 6.07 Å². The number of nitrogens with one attached hydrogen (secondary N) is 2. The fraction of sp³-hybridized carbons (Fsp3) is 0.429. The van der Waals surface area contributed by atoms with Gasteiger partial charge in [-0.15, -0.1) is 0 Å². The first-order chi connectivity index (χ1) is 14.0. The van der Waals surface area contributed by atoms with Crippen LogP contribution in [0.3, 0.4) is 0 Å². The largest absolute Gasteiger partial charge is 0.353 e. The Kier molecular flexibility index (Phi) is 5.33. The molecule has 2 saturated heterocycles. The molecule has 29 heavy (non-hydrogen) atoms. The maximum absolute atomic E-state index is 12.7. The van der Waals surface area contributed by atoms with Crippen molar-refractivity contribution >= 4 is 23.5 Å². The molecule has 1 unspecified atom stereocenters. The molecule has 2 aromatic rings. The van der Waals surface area contributed by atoms with Crippen LogP contribution in [0.15, 0.2) is 41.2 Å². The molecule has 0 aliphatic carbocycles. The fourth-order valence-electron chi connectivity index (χ4n) is 4.01. The quantitative estimate of drug-likeness (QED) is 0.811. The van der Waals surface area contributed by atoms with E-state index in [0.717, 1.165) is 18.5 Å². The Morgan fingerprint density at radius 3 is 2.59 bits per heavy atom. The second-order valence-electron chi connectivity index (χ2n) is 7.72. The molecule has 0 radical (unpaired) electrons. The third-order valence-corrected chi connectivity index (χ3v) is 5.56. The van der Waals surface area contributed by atoms with E-state index in [9.17, 15) is 14.4 Å². The van der Waals surface area contributed by atoms with E-state index in [0.29, 0.717) is 31.3 Å². The highest BCUT2D eigenvalue weighted by Gasteiger charge is 2.36. The van der Waals surface area contributed by atoms with Crippen LogP contribution in [0, 0.1) is 12.8 Å². The number of piperidine rings is 1. The number of carbonyl (C=O) groups is 2. The third-order valence-electron chi connectivity index (χ3n) is 5.56. The lowest BCUT2D eigenvalue weighted by molar-refractivity contribution is -0.127. The van der Waals surface area contributed by atoms with E-state index in [2.05, 4.69) is 15.3 Å². The number of aromatic amines is 1. The molecule has 0 saturated carbocycles. The third kappa shape index (κ3) is 4.31. The highest BCUT2D eigenvalue weighted by Crippen LogP contribution is 2.25. The van der Waals surface area contributed by atoms with Gasteiger partial charge in [0.05, 0.1) is 5.92 Å². The molecule has 8 nitrogen and oxygen atoms in total. The molecule has 2 amide bonds. The molecule has 1 atom stereocenters. The van der Waals surface area contributed by atoms with Gasteiger partial charge in [-0.3, -0.25) is 19.4 Å². The van der Waals surface area contributed by atoms with Crippen molar-refractivity contribution in [2.75, 3.05) is 29.4 Å². The van der Waals surface area contributed by atoms with Crippen molar-refractivity contribution in [2.45, 2.75) is 32.2 Å². The van der Waals surface area contributed by atoms with Crippen molar-refractivity contribution in [3.63, 3.8) is 0 Å². The lowest BCUT2D eigenvalue weighted by Gasteiger charge is -2.33. The van der Waals surface area contributed by atoms with Gasteiger partial charge in [-0.05, 0) is 31.9 Å². The first-order valence-corrected chi connectivity index (χ1v) is 9.98. The maximum Gasteiger partial charge on any atom is 0.252 e. The average molecular weight is 395 g/mol. The summed E-state index contributed by atoms with van der Waals surface area (Å²) in [7, 11) is 0. The van der Waals surface area contributed by atoms with Gasteiger partial charge in [0.25, 0.3) is 5.56 Å². The number of rotatable bonds is 4. The minimum atomic E-state index is -0.324. The van der Waals surface area contributed by atoms with Crippen LogP contribution in [-0.2, 0) is 9.59 Å². The number of aryl methyl sites for hydroxylation is 1. The number of para-hydroxylation sites is 1. The number of hydrogen-bond donors (Lipinski definition) is 2. The van der Waals surface area contributed by atoms with Crippen LogP contribution in [0.1, 0.15) is 25.0 Å². The van der Waals surface area contributed by atoms with Gasteiger partial charge in [0.1, 0.15) is 0 Å². The summed E-state index contributed by atoms with van der Waals surface area (Å²) in [6, 6.07) is 11.0. The Hall–Kier alpha value is -3.16. The number of amides is 2. The summed E-state index contributed by atoms with van der Waals surface area (Å²) in [6.07, 6.45) is 1.78. The van der Waals surface area contributed by atoms with Gasteiger partial charge in [0, 0.05) is 49.5 Å². The average Bonchev–Trinajstić information content (AvgIpc) is 3.10. The number of aromatic nitrogens is 2. The smallest absolute Gasteiger partial charge is 0.252 e. The van der Waals surface area contributed by atoms with E-state index in [-0.39, 0.29) is 35.8 Å². The molecular formula is C21H25N5O3. The highest BCUT2D eigenvalue weighted by molar-refractivity contribution is 6.00. The standard InChI is InChI=1S/C21H25N5O3/c1-14-11-18(27)24-21(22-14)25-9-7-16(8-10-25)23-20(29)15-12-19(28)26(13-15)17-5-3-2-4-6-17/h2-6,11,15-16H,7-10,12-13H2,1H3,(H,23,29)(H,22,24,27). The van der Waals surface area contributed by atoms with Gasteiger partial charge in [-0.2, -0.15) is 0 Å². The van der Waals surface area contributed by atoms with E-state index in [4.69, 9.17) is 0 Å². The zero-order valence-corrected chi connectivity index (χ0v) is 16.4. The zero-order chi connectivity index (χ0) is 20.4. The SMILES string of the molecule is Cc1cc(=O)[nH]c(N2CCC(NC(=O)C3CC(=O)N(c4ccccc4)C3)CC2)n1. The van der Waals surface area contributed by atoms with E-state index >= 15 is 0 Å². The van der Waals surface area contributed by atoms with E-state index in [1.807, 2.05) is 35.2 Å². The summed E-state index contributed by atoms with van der Waals surface area (Å²) < 4.78 is 0. The van der Waals surface area contributed by atoms with Crippen LogP contribution in [0.5, 0.6) is 0 Å². The summed E-state index contributed by atoms with van der Waals surface area (Å²) in [5, 5.41) is 3.11. The van der Waals surface area contributed by atoms with Crippen molar-refractivity contribution in [1.82, 2.24) is 15.3 Å². The summed E-state index contributed by atoms with van der Waals surface area (Å²) in [5.41, 5.74) is 1.37. The van der Waals surface area contributed by atoms with E-state index in [1.54, 1.807) is 11.8 Å². The first-order valence-electron chi connectivity index (χ1n) is 9.98. The predicted molar refractivity (Wildman–Crippen MR) is 110 cm³/mol. The normalized spacial score (nSPS) is 20.2. The molecule has 1 aromatic heterocycles. The summed E-state index contributed by atoms with van der Waals surface area (Å²) in [4.78, 5) is 47.6. The molecule has 4 rings (SSSR count). The predicted octanol–water partition coefficient (Wildman–Crippen LogP) is 1.22. The molecule has 3 heterocycles. The highest BCUT2D eigenvalue weighted by atomic mass is 16.2. The Balaban J connectivity index is 1.31. The Bertz CT molecular complexity index is 950. The number of H-pyrrole nitrogens is 1. The van der Waals surface area contributed by atoms with Crippen LogP contribution in [0.25, 0.3) is 0 Å². The van der Waals surface area contributed by atoms with Gasteiger partial charge >= 0.3 is 0 Å². The Morgan fingerprint density at radius 2 is 1.90 bits per heavy atom.